The van der Waals surface area contributed by atoms with Crippen molar-refractivity contribution in [2.24, 2.45) is 45.8 Å². The molecule has 3 fully saturated rings. The predicted molar refractivity (Wildman–Crippen MR) is 102 cm³/mol. The Bertz CT molecular complexity index is 760. The lowest BCUT2D eigenvalue weighted by Crippen LogP contribution is -2.55. The van der Waals surface area contributed by atoms with Crippen molar-refractivity contribution < 1.29 is 9.59 Å². The molecular formula is C24H32O2. The summed E-state index contributed by atoms with van der Waals surface area (Å²) in [6.45, 7) is 9.04. The Morgan fingerprint density at radius 2 is 1.85 bits per heavy atom. The zero-order valence-electron chi connectivity index (χ0n) is 16.7. The monoisotopic (exact) mass is 352 g/mol. The second-order valence-corrected chi connectivity index (χ2v) is 10.3. The summed E-state index contributed by atoms with van der Waals surface area (Å²) in [5.41, 5.74) is 1.45. The first-order valence-electron chi connectivity index (χ1n) is 10.7. The zero-order chi connectivity index (χ0) is 18.5. The van der Waals surface area contributed by atoms with Crippen molar-refractivity contribution in [1.29, 1.82) is 0 Å². The molecule has 0 aliphatic heterocycles. The Kier molecular flexibility index (Phi) is 3.26. The highest BCUT2D eigenvalue weighted by Crippen LogP contribution is 2.81. The Balaban J connectivity index is 1.63. The molecule has 0 amide bonds. The molecule has 5 rings (SSSR count). The molecule has 140 valence electrons. The molecule has 5 aliphatic rings. The van der Waals surface area contributed by atoms with Gasteiger partial charge < -0.3 is 0 Å². The van der Waals surface area contributed by atoms with E-state index in [0.717, 1.165) is 25.7 Å². The van der Waals surface area contributed by atoms with Gasteiger partial charge in [-0.25, -0.2) is 0 Å². The number of rotatable bonds is 1. The largest absolute Gasteiger partial charge is 0.299 e. The van der Waals surface area contributed by atoms with Crippen molar-refractivity contribution in [3.05, 3.63) is 23.8 Å². The molecular weight excluding hydrogens is 320 g/mol. The number of hydrogen-bond donors (Lipinski definition) is 0. The average Bonchev–Trinajstić information content (AvgIpc) is 2.97. The highest BCUT2D eigenvalue weighted by atomic mass is 16.1. The molecule has 3 saturated carbocycles. The molecule has 0 radical (unpaired) electrons. The number of ketones is 2. The van der Waals surface area contributed by atoms with Crippen molar-refractivity contribution in [2.45, 2.75) is 66.2 Å². The third-order valence-corrected chi connectivity index (χ3v) is 10.2. The fourth-order valence-electron chi connectivity index (χ4n) is 9.12. The van der Waals surface area contributed by atoms with E-state index in [1.807, 2.05) is 13.0 Å². The number of fused-ring (bicyclic) bond motifs is 3. The summed E-state index contributed by atoms with van der Waals surface area (Å²) in [5, 5.41) is 0. The summed E-state index contributed by atoms with van der Waals surface area (Å²) in [6.07, 6.45) is 13.3. The van der Waals surface area contributed by atoms with Crippen LogP contribution in [0.5, 0.6) is 0 Å². The fraction of sp³-hybridized carbons (Fsp3) is 0.750. The molecule has 0 aromatic rings. The third-order valence-electron chi connectivity index (χ3n) is 10.2. The SMILES string of the molecule is CC(=O)[C@@]12C=CC3([C@H](C)[C@H]1C)[C@@H]1CCC4=CC(=O)CC[C@@H]4[C@H]1CC[C@@]32C. The summed E-state index contributed by atoms with van der Waals surface area (Å²) >= 11 is 0. The molecule has 0 spiro atoms. The van der Waals surface area contributed by atoms with Crippen molar-refractivity contribution in [1.82, 2.24) is 0 Å². The normalized spacial score (nSPS) is 54.4. The fourth-order valence-corrected chi connectivity index (χ4v) is 9.12. The van der Waals surface area contributed by atoms with Crippen LogP contribution in [-0.2, 0) is 9.59 Å². The average molecular weight is 353 g/mol. The molecule has 2 heteroatoms. The van der Waals surface area contributed by atoms with Crippen LogP contribution >= 0.6 is 0 Å². The topological polar surface area (TPSA) is 34.1 Å². The highest BCUT2D eigenvalue weighted by molar-refractivity contribution is 5.91. The minimum Gasteiger partial charge on any atom is -0.299 e. The summed E-state index contributed by atoms with van der Waals surface area (Å²) < 4.78 is 0. The van der Waals surface area contributed by atoms with Crippen LogP contribution in [0, 0.1) is 45.8 Å². The predicted octanol–water partition coefficient (Wildman–Crippen LogP) is 5.14. The second kappa shape index (κ2) is 5.00. The van der Waals surface area contributed by atoms with Crippen LogP contribution in [-0.4, -0.2) is 11.6 Å². The van der Waals surface area contributed by atoms with E-state index in [2.05, 4.69) is 32.9 Å². The van der Waals surface area contributed by atoms with Crippen LogP contribution in [0.15, 0.2) is 23.8 Å². The van der Waals surface area contributed by atoms with Gasteiger partial charge in [-0.2, -0.15) is 0 Å². The first-order chi connectivity index (χ1) is 12.3. The van der Waals surface area contributed by atoms with Gasteiger partial charge in [0.2, 0.25) is 0 Å². The minimum absolute atomic E-state index is 0.0809. The van der Waals surface area contributed by atoms with E-state index in [4.69, 9.17) is 0 Å². The van der Waals surface area contributed by atoms with E-state index in [0.29, 0.717) is 41.2 Å². The van der Waals surface area contributed by atoms with Crippen LogP contribution < -0.4 is 0 Å². The Morgan fingerprint density at radius 3 is 2.58 bits per heavy atom. The first kappa shape index (κ1) is 17.0. The minimum atomic E-state index is -0.254. The van der Waals surface area contributed by atoms with Crippen LogP contribution in [0.1, 0.15) is 66.2 Å². The molecule has 2 bridgehead atoms. The van der Waals surface area contributed by atoms with E-state index in [1.54, 1.807) is 0 Å². The quantitative estimate of drug-likeness (QED) is 0.613. The van der Waals surface area contributed by atoms with Crippen molar-refractivity contribution in [2.75, 3.05) is 0 Å². The van der Waals surface area contributed by atoms with E-state index >= 15 is 0 Å². The van der Waals surface area contributed by atoms with E-state index in [-0.39, 0.29) is 16.2 Å². The van der Waals surface area contributed by atoms with Gasteiger partial charge in [0.15, 0.2) is 5.78 Å². The van der Waals surface area contributed by atoms with Crippen molar-refractivity contribution >= 4 is 11.6 Å². The van der Waals surface area contributed by atoms with Gasteiger partial charge in [0, 0.05) is 11.8 Å². The Morgan fingerprint density at radius 1 is 1.08 bits per heavy atom. The highest BCUT2D eigenvalue weighted by Gasteiger charge is 2.77. The van der Waals surface area contributed by atoms with Crippen molar-refractivity contribution in [3.8, 4) is 0 Å². The van der Waals surface area contributed by atoms with Gasteiger partial charge in [-0.3, -0.25) is 9.59 Å². The number of allylic oxidation sites excluding steroid dienone is 3. The molecule has 26 heavy (non-hydrogen) atoms. The van der Waals surface area contributed by atoms with Gasteiger partial charge in [-0.05, 0) is 80.1 Å². The summed E-state index contributed by atoms with van der Waals surface area (Å²) in [4.78, 5) is 24.9. The summed E-state index contributed by atoms with van der Waals surface area (Å²) in [6, 6.07) is 0. The van der Waals surface area contributed by atoms with Gasteiger partial charge in [-0.15, -0.1) is 0 Å². The van der Waals surface area contributed by atoms with Gasteiger partial charge in [-0.1, -0.05) is 38.5 Å². The van der Waals surface area contributed by atoms with Crippen LogP contribution in [0.2, 0.25) is 0 Å². The summed E-state index contributed by atoms with van der Waals surface area (Å²) in [7, 11) is 0. The first-order valence-corrected chi connectivity index (χ1v) is 10.7. The molecule has 1 unspecified atom stereocenters. The van der Waals surface area contributed by atoms with Gasteiger partial charge >= 0.3 is 0 Å². The maximum Gasteiger partial charge on any atom is 0.155 e. The zero-order valence-corrected chi connectivity index (χ0v) is 16.7. The van der Waals surface area contributed by atoms with Crippen molar-refractivity contribution in [3.63, 3.8) is 0 Å². The van der Waals surface area contributed by atoms with Crippen LogP contribution in [0.3, 0.4) is 0 Å². The molecule has 0 aromatic heterocycles. The smallest absolute Gasteiger partial charge is 0.155 e. The molecule has 5 aliphatic carbocycles. The summed E-state index contributed by atoms with van der Waals surface area (Å²) in [5.74, 6) is 3.71. The van der Waals surface area contributed by atoms with E-state index < -0.39 is 0 Å². The molecule has 2 nitrogen and oxygen atoms in total. The van der Waals surface area contributed by atoms with Crippen LogP contribution in [0.25, 0.3) is 0 Å². The molecule has 0 N–H and O–H groups in total. The Hall–Kier alpha value is -1.18. The lowest BCUT2D eigenvalue weighted by molar-refractivity contribution is -0.139. The van der Waals surface area contributed by atoms with Gasteiger partial charge in [0.25, 0.3) is 0 Å². The molecule has 8 atom stereocenters. The molecule has 0 heterocycles. The third kappa shape index (κ3) is 1.55. The van der Waals surface area contributed by atoms with Gasteiger partial charge in [0.05, 0.1) is 5.41 Å². The van der Waals surface area contributed by atoms with Gasteiger partial charge in [0.1, 0.15) is 5.78 Å². The van der Waals surface area contributed by atoms with E-state index in [9.17, 15) is 9.59 Å². The van der Waals surface area contributed by atoms with E-state index in [1.165, 1.54) is 18.4 Å². The maximum atomic E-state index is 13.0. The lowest BCUT2D eigenvalue weighted by Gasteiger charge is -2.60. The lowest BCUT2D eigenvalue weighted by atomic mass is 9.43. The standard InChI is InChI=1S/C24H32O2/c1-14-15(2)24-12-11-23(14,16(3)25)22(24,4)10-9-20-19-7-6-18(26)13-17(19)5-8-21(20)24/h11-15,19-21H,5-10H2,1-4H3/t14-,15-,19+,20-,21-,22-,23-,24?/m1/s1. The maximum absolute atomic E-state index is 13.0. The number of Topliss-reactive ketones (excluding diaryl/α,β-unsaturated/α-hetero) is 1. The number of hydrogen-bond acceptors (Lipinski definition) is 2. The number of carbonyl (C=O) groups excluding carboxylic acids is 2. The Labute approximate surface area is 157 Å². The number of carbonyl (C=O) groups is 2. The van der Waals surface area contributed by atoms with Crippen LogP contribution in [0.4, 0.5) is 0 Å². The molecule has 0 saturated heterocycles. The second-order valence-electron chi connectivity index (χ2n) is 10.3. The molecule has 0 aromatic carbocycles.